The Morgan fingerprint density at radius 1 is 1.06 bits per heavy atom. The van der Waals surface area contributed by atoms with E-state index in [9.17, 15) is 13.6 Å². The van der Waals surface area contributed by atoms with E-state index in [4.69, 9.17) is 4.74 Å². The van der Waals surface area contributed by atoms with E-state index in [0.717, 1.165) is 12.6 Å². The highest BCUT2D eigenvalue weighted by molar-refractivity contribution is 6.00. The van der Waals surface area contributed by atoms with Crippen LogP contribution >= 0.6 is 0 Å². The van der Waals surface area contributed by atoms with Crippen molar-refractivity contribution in [2.45, 2.75) is 38.3 Å². The van der Waals surface area contributed by atoms with Crippen molar-refractivity contribution < 1.29 is 18.3 Å². The molecule has 2 atom stereocenters. The van der Waals surface area contributed by atoms with E-state index in [-0.39, 0.29) is 35.3 Å². The fraction of sp³-hybridized carbons (Fsp3) is 0.292. The van der Waals surface area contributed by atoms with Crippen LogP contribution in [0.3, 0.4) is 0 Å². The summed E-state index contributed by atoms with van der Waals surface area (Å²) in [5.41, 5.74) is 1.17. The number of ether oxygens (including phenoxy) is 1. The number of hydrogen-bond donors (Lipinski definition) is 0. The SMILES string of the molecule is C[C@@H]1CC[C@@H](Oc2nccn3c(C(F)F)cnc23)CN1C(=O)c1ccccc1-c1ncccn1. The quantitative estimate of drug-likeness (QED) is 0.440. The van der Waals surface area contributed by atoms with E-state index in [1.807, 2.05) is 25.1 Å². The molecule has 8 nitrogen and oxygen atoms in total. The smallest absolute Gasteiger partial charge is 0.280 e. The van der Waals surface area contributed by atoms with Crippen LogP contribution in [0, 0.1) is 0 Å². The van der Waals surface area contributed by atoms with E-state index in [1.54, 1.807) is 29.4 Å². The molecule has 1 amide bonds. The lowest BCUT2D eigenvalue weighted by molar-refractivity contribution is 0.0376. The number of likely N-dealkylation sites (tertiary alicyclic amines) is 1. The normalized spacial score (nSPS) is 18.4. The lowest BCUT2D eigenvalue weighted by Gasteiger charge is -2.38. The van der Waals surface area contributed by atoms with Gasteiger partial charge in [-0.05, 0) is 31.9 Å². The van der Waals surface area contributed by atoms with Crippen molar-refractivity contribution >= 4 is 11.6 Å². The molecule has 1 aliphatic rings. The minimum absolute atomic E-state index is 0.00212. The van der Waals surface area contributed by atoms with Crippen LogP contribution in [0.25, 0.3) is 17.0 Å². The molecule has 1 fully saturated rings. The average molecular weight is 464 g/mol. The highest BCUT2D eigenvalue weighted by Gasteiger charge is 2.32. The van der Waals surface area contributed by atoms with E-state index >= 15 is 0 Å². The molecule has 0 spiro atoms. The molecule has 3 aromatic heterocycles. The predicted molar refractivity (Wildman–Crippen MR) is 120 cm³/mol. The maximum atomic E-state index is 13.6. The lowest BCUT2D eigenvalue weighted by atomic mass is 9.98. The molecule has 1 saturated heterocycles. The largest absolute Gasteiger partial charge is 0.470 e. The van der Waals surface area contributed by atoms with Crippen LogP contribution in [-0.4, -0.2) is 53.8 Å². The number of carbonyl (C=O) groups is 1. The van der Waals surface area contributed by atoms with E-state index in [2.05, 4.69) is 19.9 Å². The van der Waals surface area contributed by atoms with Crippen LogP contribution in [0.2, 0.25) is 0 Å². The number of nitrogens with zero attached hydrogens (tertiary/aromatic N) is 6. The molecule has 4 aromatic rings. The van der Waals surface area contributed by atoms with Gasteiger partial charge in [-0.3, -0.25) is 9.20 Å². The number of imidazole rings is 1. The van der Waals surface area contributed by atoms with Crippen LogP contribution < -0.4 is 4.74 Å². The first kappa shape index (κ1) is 21.9. The molecule has 34 heavy (non-hydrogen) atoms. The van der Waals surface area contributed by atoms with Gasteiger partial charge in [0.1, 0.15) is 11.8 Å². The van der Waals surface area contributed by atoms with Crippen molar-refractivity contribution in [2.24, 2.45) is 0 Å². The molecule has 5 rings (SSSR count). The molecule has 0 saturated carbocycles. The molecular formula is C24H22F2N6O2. The van der Waals surface area contributed by atoms with Crippen molar-refractivity contribution in [1.29, 1.82) is 0 Å². The highest BCUT2D eigenvalue weighted by atomic mass is 19.3. The van der Waals surface area contributed by atoms with Gasteiger partial charge in [0, 0.05) is 36.4 Å². The zero-order valence-corrected chi connectivity index (χ0v) is 18.4. The molecule has 1 aliphatic heterocycles. The van der Waals surface area contributed by atoms with Crippen LogP contribution in [0.5, 0.6) is 5.88 Å². The molecule has 0 bridgehead atoms. The van der Waals surface area contributed by atoms with Crippen LogP contribution in [0.1, 0.15) is 42.2 Å². The molecule has 4 heterocycles. The third-order valence-corrected chi connectivity index (χ3v) is 5.99. The Kier molecular flexibility index (Phi) is 5.87. The molecule has 1 aromatic carbocycles. The van der Waals surface area contributed by atoms with Crippen molar-refractivity contribution in [1.82, 2.24) is 29.2 Å². The van der Waals surface area contributed by atoms with Gasteiger partial charge in [-0.15, -0.1) is 0 Å². The van der Waals surface area contributed by atoms with E-state index in [0.29, 0.717) is 29.9 Å². The number of fused-ring (bicyclic) bond motifs is 1. The Morgan fingerprint density at radius 3 is 2.65 bits per heavy atom. The number of aromatic nitrogens is 5. The van der Waals surface area contributed by atoms with Crippen LogP contribution in [0.15, 0.2) is 61.3 Å². The minimum Gasteiger partial charge on any atom is -0.470 e. The zero-order valence-electron chi connectivity index (χ0n) is 18.4. The number of hydrogen-bond acceptors (Lipinski definition) is 6. The number of amides is 1. The Morgan fingerprint density at radius 2 is 1.85 bits per heavy atom. The van der Waals surface area contributed by atoms with Gasteiger partial charge in [0.15, 0.2) is 5.82 Å². The zero-order chi connectivity index (χ0) is 23.7. The van der Waals surface area contributed by atoms with Crippen molar-refractivity contribution in [3.8, 4) is 17.3 Å². The average Bonchev–Trinajstić information content (AvgIpc) is 3.31. The number of piperidine rings is 1. The molecule has 10 heteroatoms. The number of carbonyl (C=O) groups excluding carboxylic acids is 1. The summed E-state index contributed by atoms with van der Waals surface area (Å²) in [6, 6.07) is 8.97. The van der Waals surface area contributed by atoms with Crippen molar-refractivity contribution in [3.63, 3.8) is 0 Å². The summed E-state index contributed by atoms with van der Waals surface area (Å²) < 4.78 is 33.8. The predicted octanol–water partition coefficient (Wildman–Crippen LogP) is 4.20. The lowest BCUT2D eigenvalue weighted by Crippen LogP contribution is -2.49. The second kappa shape index (κ2) is 9.12. The molecule has 174 valence electrons. The molecular weight excluding hydrogens is 442 g/mol. The Hall–Kier alpha value is -3.95. The first-order valence-electron chi connectivity index (χ1n) is 11.0. The Labute approximate surface area is 194 Å². The standard InChI is InChI=1S/C24H22F2N6O2/c1-15-7-8-16(34-23-22-30-13-19(20(25)26)31(22)12-11-29-23)14-32(15)24(33)18-6-3-2-5-17(18)21-27-9-4-10-28-21/h2-6,9-13,15-16,20H,7-8,14H2,1H3/t15-,16-/m1/s1. The summed E-state index contributed by atoms with van der Waals surface area (Å²) in [4.78, 5) is 32.2. The maximum absolute atomic E-state index is 13.6. The number of halogens is 2. The Bertz CT molecular complexity index is 1310. The van der Waals surface area contributed by atoms with Gasteiger partial charge < -0.3 is 9.64 Å². The number of benzene rings is 1. The fourth-order valence-corrected chi connectivity index (χ4v) is 4.23. The summed E-state index contributed by atoms with van der Waals surface area (Å²) in [5.74, 6) is 0.504. The van der Waals surface area contributed by atoms with E-state index in [1.165, 1.54) is 16.8 Å². The van der Waals surface area contributed by atoms with Gasteiger partial charge in [-0.1, -0.05) is 18.2 Å². The number of alkyl halides is 2. The Balaban J connectivity index is 1.40. The van der Waals surface area contributed by atoms with Gasteiger partial charge >= 0.3 is 0 Å². The third kappa shape index (κ3) is 4.07. The topological polar surface area (TPSA) is 85.5 Å². The van der Waals surface area contributed by atoms with Crippen molar-refractivity contribution in [3.05, 3.63) is 72.6 Å². The third-order valence-electron chi connectivity index (χ3n) is 5.99. The minimum atomic E-state index is -2.66. The first-order valence-corrected chi connectivity index (χ1v) is 11.0. The monoisotopic (exact) mass is 464 g/mol. The molecule has 0 radical (unpaired) electrons. The summed E-state index contributed by atoms with van der Waals surface area (Å²) in [6.07, 6.45) is 5.63. The van der Waals surface area contributed by atoms with Gasteiger partial charge in [-0.2, -0.15) is 0 Å². The second-order valence-corrected chi connectivity index (χ2v) is 8.15. The van der Waals surface area contributed by atoms with Gasteiger partial charge in [0.25, 0.3) is 18.2 Å². The second-order valence-electron chi connectivity index (χ2n) is 8.15. The summed E-state index contributed by atoms with van der Waals surface area (Å²) >= 11 is 0. The summed E-state index contributed by atoms with van der Waals surface area (Å²) in [7, 11) is 0. The fourth-order valence-electron chi connectivity index (χ4n) is 4.23. The summed E-state index contributed by atoms with van der Waals surface area (Å²) in [6.45, 7) is 2.33. The molecule has 0 unspecified atom stereocenters. The van der Waals surface area contributed by atoms with Gasteiger partial charge in [0.05, 0.1) is 18.3 Å². The van der Waals surface area contributed by atoms with Gasteiger partial charge in [0.2, 0.25) is 5.65 Å². The first-order chi connectivity index (χ1) is 16.5. The van der Waals surface area contributed by atoms with Crippen LogP contribution in [-0.2, 0) is 0 Å². The van der Waals surface area contributed by atoms with Crippen LogP contribution in [0.4, 0.5) is 8.78 Å². The van der Waals surface area contributed by atoms with Crippen molar-refractivity contribution in [2.75, 3.05) is 6.54 Å². The van der Waals surface area contributed by atoms with Gasteiger partial charge in [-0.25, -0.2) is 28.7 Å². The summed E-state index contributed by atoms with van der Waals surface area (Å²) in [5, 5.41) is 0. The maximum Gasteiger partial charge on any atom is 0.280 e. The number of rotatable bonds is 5. The highest BCUT2D eigenvalue weighted by Crippen LogP contribution is 2.29. The molecule has 0 aliphatic carbocycles. The molecule has 0 N–H and O–H groups in total. The van der Waals surface area contributed by atoms with E-state index < -0.39 is 6.43 Å².